The number of hydrogen-bond acceptors (Lipinski definition) is 3. The van der Waals surface area contributed by atoms with E-state index in [0.717, 1.165) is 32.8 Å². The van der Waals surface area contributed by atoms with Crippen molar-refractivity contribution in [1.29, 1.82) is 0 Å². The lowest BCUT2D eigenvalue weighted by molar-refractivity contribution is 0.0329. The van der Waals surface area contributed by atoms with Crippen LogP contribution < -0.4 is 5.32 Å². The number of ether oxygens (including phenoxy) is 1. The number of morpholine rings is 1. The lowest BCUT2D eigenvalue weighted by Gasteiger charge is -2.32. The van der Waals surface area contributed by atoms with E-state index in [9.17, 15) is 0 Å². The molecule has 0 unspecified atom stereocenters. The van der Waals surface area contributed by atoms with Crippen LogP contribution in [0.25, 0.3) is 0 Å². The molecular weight excluding hydrogens is 284 g/mol. The van der Waals surface area contributed by atoms with E-state index in [4.69, 9.17) is 4.74 Å². The Morgan fingerprint density at radius 1 is 0.913 bits per heavy atom. The minimum Gasteiger partial charge on any atom is -0.379 e. The van der Waals surface area contributed by atoms with Gasteiger partial charge in [-0.05, 0) is 18.1 Å². The molecule has 1 heterocycles. The van der Waals surface area contributed by atoms with Crippen LogP contribution in [0.4, 0.5) is 0 Å². The van der Waals surface area contributed by atoms with Gasteiger partial charge in [0, 0.05) is 31.7 Å². The maximum absolute atomic E-state index is 5.48. The third-order valence-electron chi connectivity index (χ3n) is 4.50. The third-order valence-corrected chi connectivity index (χ3v) is 4.50. The highest BCUT2D eigenvalue weighted by Gasteiger charge is 2.20. The quantitative estimate of drug-likeness (QED) is 0.885. The molecule has 1 aliphatic heterocycles. The molecule has 0 bridgehead atoms. The van der Waals surface area contributed by atoms with E-state index in [1.807, 2.05) is 0 Å². The molecule has 1 fully saturated rings. The van der Waals surface area contributed by atoms with Crippen LogP contribution in [-0.4, -0.2) is 37.7 Å². The Labute approximate surface area is 139 Å². The Kier molecular flexibility index (Phi) is 5.81. The molecule has 2 atom stereocenters. The molecule has 0 radical (unpaired) electrons. The van der Waals surface area contributed by atoms with Crippen molar-refractivity contribution >= 4 is 0 Å². The topological polar surface area (TPSA) is 24.5 Å². The molecule has 122 valence electrons. The summed E-state index contributed by atoms with van der Waals surface area (Å²) < 4.78 is 5.48. The van der Waals surface area contributed by atoms with Crippen LogP contribution in [0.2, 0.25) is 0 Å². The predicted molar refractivity (Wildman–Crippen MR) is 94.4 cm³/mol. The van der Waals surface area contributed by atoms with Crippen LogP contribution in [0.15, 0.2) is 60.7 Å². The second-order valence-electron chi connectivity index (χ2n) is 6.18. The van der Waals surface area contributed by atoms with Crippen molar-refractivity contribution in [3.63, 3.8) is 0 Å². The fourth-order valence-corrected chi connectivity index (χ4v) is 3.12. The van der Waals surface area contributed by atoms with E-state index in [-0.39, 0.29) is 0 Å². The molecule has 2 aromatic rings. The van der Waals surface area contributed by atoms with Crippen LogP contribution in [-0.2, 0) is 4.74 Å². The molecule has 0 aromatic heterocycles. The summed E-state index contributed by atoms with van der Waals surface area (Å²) in [5.41, 5.74) is 2.68. The van der Waals surface area contributed by atoms with Crippen molar-refractivity contribution in [3.8, 4) is 0 Å². The van der Waals surface area contributed by atoms with Crippen LogP contribution in [0.1, 0.15) is 30.1 Å². The molecule has 3 heteroatoms. The average molecular weight is 310 g/mol. The molecule has 2 aromatic carbocycles. The summed E-state index contributed by atoms with van der Waals surface area (Å²) in [4.78, 5) is 2.49. The van der Waals surface area contributed by atoms with Gasteiger partial charge in [0.05, 0.1) is 13.2 Å². The van der Waals surface area contributed by atoms with Gasteiger partial charge >= 0.3 is 0 Å². The second-order valence-corrected chi connectivity index (χ2v) is 6.18. The Morgan fingerprint density at radius 2 is 1.48 bits per heavy atom. The molecule has 0 spiro atoms. The first-order chi connectivity index (χ1) is 11.3. The van der Waals surface area contributed by atoms with Gasteiger partial charge in [-0.15, -0.1) is 0 Å². The van der Waals surface area contributed by atoms with Crippen molar-refractivity contribution in [3.05, 3.63) is 71.8 Å². The highest BCUT2D eigenvalue weighted by atomic mass is 16.5. The van der Waals surface area contributed by atoms with E-state index in [1.165, 1.54) is 11.1 Å². The lowest BCUT2D eigenvalue weighted by atomic mass is 10.0. The Morgan fingerprint density at radius 3 is 2.09 bits per heavy atom. The second kappa shape index (κ2) is 8.25. The maximum atomic E-state index is 5.48. The van der Waals surface area contributed by atoms with Crippen molar-refractivity contribution in [2.24, 2.45) is 0 Å². The summed E-state index contributed by atoms with van der Waals surface area (Å²) in [7, 11) is 0. The minimum absolute atomic E-state index is 0.322. The highest BCUT2D eigenvalue weighted by molar-refractivity contribution is 5.22. The van der Waals surface area contributed by atoms with Crippen molar-refractivity contribution < 1.29 is 4.74 Å². The van der Waals surface area contributed by atoms with Crippen LogP contribution in [0.3, 0.4) is 0 Å². The van der Waals surface area contributed by atoms with Gasteiger partial charge in [-0.3, -0.25) is 4.90 Å². The van der Waals surface area contributed by atoms with E-state index in [1.54, 1.807) is 0 Å². The van der Waals surface area contributed by atoms with Crippen LogP contribution in [0.5, 0.6) is 0 Å². The molecule has 23 heavy (non-hydrogen) atoms. The van der Waals surface area contributed by atoms with E-state index in [2.05, 4.69) is 77.8 Å². The van der Waals surface area contributed by atoms with E-state index in [0.29, 0.717) is 12.1 Å². The van der Waals surface area contributed by atoms with Gasteiger partial charge in [-0.1, -0.05) is 60.7 Å². The van der Waals surface area contributed by atoms with E-state index < -0.39 is 0 Å². The van der Waals surface area contributed by atoms with Crippen molar-refractivity contribution in [2.45, 2.75) is 19.0 Å². The first kappa shape index (κ1) is 16.2. The normalized spacial score (nSPS) is 18.5. The zero-order valence-corrected chi connectivity index (χ0v) is 13.8. The highest BCUT2D eigenvalue weighted by Crippen LogP contribution is 2.21. The van der Waals surface area contributed by atoms with Crippen molar-refractivity contribution in [2.75, 3.05) is 32.8 Å². The smallest absolute Gasteiger partial charge is 0.0594 e. The van der Waals surface area contributed by atoms with Crippen LogP contribution >= 0.6 is 0 Å². The SMILES string of the molecule is C[C@@H](N[C@@H](CN1CCOCC1)c1ccccc1)c1ccccc1. The summed E-state index contributed by atoms with van der Waals surface area (Å²) >= 11 is 0. The first-order valence-electron chi connectivity index (χ1n) is 8.49. The zero-order chi connectivity index (χ0) is 15.9. The molecule has 1 saturated heterocycles. The molecule has 3 nitrogen and oxygen atoms in total. The summed E-state index contributed by atoms with van der Waals surface area (Å²) in [5.74, 6) is 0. The van der Waals surface area contributed by atoms with Gasteiger partial charge in [0.15, 0.2) is 0 Å². The van der Waals surface area contributed by atoms with Gasteiger partial charge in [-0.25, -0.2) is 0 Å². The molecule has 0 saturated carbocycles. The standard InChI is InChI=1S/C20H26N2O/c1-17(18-8-4-2-5-9-18)21-20(19-10-6-3-7-11-19)16-22-12-14-23-15-13-22/h2-11,17,20-21H,12-16H2,1H3/t17-,20+/m1/s1. The molecule has 1 aliphatic rings. The number of nitrogens with one attached hydrogen (secondary N) is 1. The van der Waals surface area contributed by atoms with Gasteiger partial charge in [0.1, 0.15) is 0 Å². The van der Waals surface area contributed by atoms with Crippen LogP contribution in [0, 0.1) is 0 Å². The zero-order valence-electron chi connectivity index (χ0n) is 13.8. The number of rotatable bonds is 6. The molecule has 3 rings (SSSR count). The average Bonchev–Trinajstić information content (AvgIpc) is 2.63. The number of hydrogen-bond donors (Lipinski definition) is 1. The summed E-state index contributed by atoms with van der Waals surface area (Å²) in [6.07, 6.45) is 0. The number of benzene rings is 2. The lowest BCUT2D eigenvalue weighted by Crippen LogP contribution is -2.42. The largest absolute Gasteiger partial charge is 0.379 e. The molecular formula is C20H26N2O. The fourth-order valence-electron chi connectivity index (χ4n) is 3.12. The summed E-state index contributed by atoms with van der Waals surface area (Å²) in [5, 5.41) is 3.81. The predicted octanol–water partition coefficient (Wildman–Crippen LogP) is 3.41. The third kappa shape index (κ3) is 4.64. The Bertz CT molecular complexity index is 567. The van der Waals surface area contributed by atoms with Gasteiger partial charge in [0.25, 0.3) is 0 Å². The summed E-state index contributed by atoms with van der Waals surface area (Å²) in [6.45, 7) is 6.98. The fraction of sp³-hybridized carbons (Fsp3) is 0.400. The maximum Gasteiger partial charge on any atom is 0.0594 e. The minimum atomic E-state index is 0.322. The van der Waals surface area contributed by atoms with Gasteiger partial charge in [-0.2, -0.15) is 0 Å². The Balaban J connectivity index is 1.72. The first-order valence-corrected chi connectivity index (χ1v) is 8.49. The van der Waals surface area contributed by atoms with Gasteiger partial charge < -0.3 is 10.1 Å². The van der Waals surface area contributed by atoms with E-state index >= 15 is 0 Å². The summed E-state index contributed by atoms with van der Waals surface area (Å²) in [6, 6.07) is 22.1. The molecule has 0 amide bonds. The van der Waals surface area contributed by atoms with Crippen molar-refractivity contribution in [1.82, 2.24) is 10.2 Å². The molecule has 1 N–H and O–H groups in total. The monoisotopic (exact) mass is 310 g/mol. The Hall–Kier alpha value is -1.68. The van der Waals surface area contributed by atoms with Gasteiger partial charge in [0.2, 0.25) is 0 Å². The number of nitrogens with zero attached hydrogens (tertiary/aromatic N) is 1. The molecule has 0 aliphatic carbocycles.